The minimum absolute atomic E-state index is 0.0272. The summed E-state index contributed by atoms with van der Waals surface area (Å²) in [6, 6.07) is 12.7. The largest absolute Gasteiger partial charge is 0.484 e. The molecule has 2 aromatic carbocycles. The number of ether oxygens (including phenoxy) is 1. The van der Waals surface area contributed by atoms with E-state index in [0.29, 0.717) is 42.9 Å². The maximum Gasteiger partial charge on any atom is 0.416 e. The molecule has 0 unspecified atom stereocenters. The van der Waals surface area contributed by atoms with Gasteiger partial charge in [0.05, 0.1) is 12.1 Å². The number of amides is 1. The van der Waals surface area contributed by atoms with Crippen LogP contribution in [0.25, 0.3) is 0 Å². The second kappa shape index (κ2) is 10.9. The molecule has 172 valence electrons. The van der Waals surface area contributed by atoms with Crippen LogP contribution in [0.2, 0.25) is 0 Å². The van der Waals surface area contributed by atoms with Crippen molar-refractivity contribution in [1.82, 2.24) is 16.0 Å². The van der Waals surface area contributed by atoms with Crippen LogP contribution in [0.15, 0.2) is 53.5 Å². The maximum atomic E-state index is 12.7. The van der Waals surface area contributed by atoms with Gasteiger partial charge in [0.15, 0.2) is 12.6 Å². The number of alkyl halides is 3. The van der Waals surface area contributed by atoms with Crippen LogP contribution in [0, 0.1) is 0 Å². The Kier molecular flexibility index (Phi) is 7.97. The second-order valence-corrected chi connectivity index (χ2v) is 7.52. The van der Waals surface area contributed by atoms with Crippen LogP contribution >= 0.6 is 0 Å². The van der Waals surface area contributed by atoms with Gasteiger partial charge in [-0.15, -0.1) is 0 Å². The highest BCUT2D eigenvalue weighted by Gasteiger charge is 2.29. The first-order valence-electron chi connectivity index (χ1n) is 10.5. The monoisotopic (exact) mass is 448 g/mol. The lowest BCUT2D eigenvalue weighted by molar-refractivity contribution is -0.137. The summed E-state index contributed by atoms with van der Waals surface area (Å²) in [5.74, 6) is 1.01. The van der Waals surface area contributed by atoms with Gasteiger partial charge in [0.1, 0.15) is 5.75 Å². The second-order valence-electron chi connectivity index (χ2n) is 7.52. The van der Waals surface area contributed by atoms with Gasteiger partial charge in [-0.1, -0.05) is 24.3 Å². The molecule has 32 heavy (non-hydrogen) atoms. The number of benzene rings is 2. The fourth-order valence-corrected chi connectivity index (χ4v) is 2.89. The van der Waals surface area contributed by atoms with Gasteiger partial charge < -0.3 is 20.7 Å². The van der Waals surface area contributed by atoms with Crippen molar-refractivity contribution in [3.8, 4) is 5.75 Å². The average Bonchev–Trinajstić information content (AvgIpc) is 3.58. The number of hydrogen-bond donors (Lipinski definition) is 3. The molecule has 0 atom stereocenters. The first-order chi connectivity index (χ1) is 15.3. The summed E-state index contributed by atoms with van der Waals surface area (Å²) in [4.78, 5) is 16.3. The van der Waals surface area contributed by atoms with Gasteiger partial charge in [0.2, 0.25) is 0 Å². The highest BCUT2D eigenvalue weighted by atomic mass is 19.4. The molecule has 1 aliphatic rings. The molecule has 0 radical (unpaired) electrons. The number of guanidine groups is 1. The zero-order valence-electron chi connectivity index (χ0n) is 17.8. The smallest absolute Gasteiger partial charge is 0.416 e. The minimum Gasteiger partial charge on any atom is -0.484 e. The number of hydrogen-bond acceptors (Lipinski definition) is 3. The molecule has 0 aliphatic heterocycles. The Bertz CT molecular complexity index is 926. The molecule has 1 saturated carbocycles. The summed E-state index contributed by atoms with van der Waals surface area (Å²) in [7, 11) is 0. The van der Waals surface area contributed by atoms with E-state index in [0.717, 1.165) is 30.5 Å². The molecule has 3 rings (SSSR count). The number of aliphatic imine (C=N–C) groups is 1. The van der Waals surface area contributed by atoms with Crippen molar-refractivity contribution in [3.63, 3.8) is 0 Å². The molecule has 0 spiro atoms. The standard InChI is InChI=1S/C23H27F3N4O2/c1-2-27-22(28-13-16-6-8-18(9-7-16)23(24,25)26)29-14-17-4-3-5-20(12-17)32-15-21(31)30-19-10-11-19/h3-9,12,19H,2,10-11,13-15H2,1H3,(H,30,31)(H2,27,28,29). The molecular weight excluding hydrogens is 421 g/mol. The van der Waals surface area contributed by atoms with Crippen LogP contribution in [0.4, 0.5) is 13.2 Å². The Morgan fingerprint density at radius 2 is 1.84 bits per heavy atom. The molecule has 0 aromatic heterocycles. The molecule has 1 fully saturated rings. The predicted octanol–water partition coefficient (Wildman–Crippen LogP) is 3.62. The van der Waals surface area contributed by atoms with Crippen molar-refractivity contribution in [3.05, 3.63) is 65.2 Å². The van der Waals surface area contributed by atoms with Gasteiger partial charge in [0.25, 0.3) is 5.91 Å². The molecule has 9 heteroatoms. The molecule has 0 heterocycles. The van der Waals surface area contributed by atoms with Crippen molar-refractivity contribution in [1.29, 1.82) is 0 Å². The van der Waals surface area contributed by atoms with Gasteiger partial charge in [-0.05, 0) is 55.2 Å². The zero-order chi connectivity index (χ0) is 23.0. The number of nitrogens with zero attached hydrogens (tertiary/aromatic N) is 1. The molecule has 1 aliphatic carbocycles. The van der Waals surface area contributed by atoms with E-state index in [1.165, 1.54) is 12.1 Å². The van der Waals surface area contributed by atoms with E-state index in [2.05, 4.69) is 20.9 Å². The van der Waals surface area contributed by atoms with Gasteiger partial charge >= 0.3 is 6.18 Å². The van der Waals surface area contributed by atoms with Crippen LogP contribution in [-0.4, -0.2) is 31.1 Å². The third kappa shape index (κ3) is 7.79. The van der Waals surface area contributed by atoms with Crippen molar-refractivity contribution in [2.75, 3.05) is 13.2 Å². The minimum atomic E-state index is -4.35. The molecule has 2 aromatic rings. The lowest BCUT2D eigenvalue weighted by atomic mass is 10.1. The highest BCUT2D eigenvalue weighted by Crippen LogP contribution is 2.29. The summed E-state index contributed by atoms with van der Waals surface area (Å²) in [6.07, 6.45) is -2.29. The number of carbonyl (C=O) groups excluding carboxylic acids is 1. The number of halogens is 3. The van der Waals surface area contributed by atoms with Crippen molar-refractivity contribution >= 4 is 11.9 Å². The molecule has 0 saturated heterocycles. The summed E-state index contributed by atoms with van der Waals surface area (Å²) >= 11 is 0. The lowest BCUT2D eigenvalue weighted by Crippen LogP contribution is -2.36. The van der Waals surface area contributed by atoms with E-state index in [9.17, 15) is 18.0 Å². The summed E-state index contributed by atoms with van der Waals surface area (Å²) in [6.45, 7) is 3.24. The lowest BCUT2D eigenvalue weighted by Gasteiger charge is -2.13. The number of carbonyl (C=O) groups is 1. The topological polar surface area (TPSA) is 74.8 Å². The van der Waals surface area contributed by atoms with E-state index in [-0.39, 0.29) is 12.5 Å². The Morgan fingerprint density at radius 3 is 2.50 bits per heavy atom. The Labute approximate surface area is 185 Å². The molecule has 3 N–H and O–H groups in total. The number of rotatable bonds is 9. The number of nitrogens with one attached hydrogen (secondary N) is 3. The van der Waals surface area contributed by atoms with E-state index in [1.54, 1.807) is 6.07 Å². The van der Waals surface area contributed by atoms with Crippen LogP contribution in [-0.2, 0) is 24.1 Å². The van der Waals surface area contributed by atoms with Crippen molar-refractivity contribution in [2.45, 2.75) is 45.1 Å². The fourth-order valence-electron chi connectivity index (χ4n) is 2.89. The first kappa shape index (κ1) is 23.4. The van der Waals surface area contributed by atoms with Crippen LogP contribution in [0.3, 0.4) is 0 Å². The quantitative estimate of drug-likeness (QED) is 0.405. The van der Waals surface area contributed by atoms with Crippen LogP contribution in [0.1, 0.15) is 36.5 Å². The van der Waals surface area contributed by atoms with Crippen LogP contribution < -0.4 is 20.7 Å². The van der Waals surface area contributed by atoms with Gasteiger partial charge in [-0.25, -0.2) is 4.99 Å². The molecule has 1 amide bonds. The normalized spacial score (nSPS) is 14.1. The van der Waals surface area contributed by atoms with Gasteiger partial charge in [-0.3, -0.25) is 4.79 Å². The highest BCUT2D eigenvalue weighted by molar-refractivity contribution is 5.79. The first-order valence-corrected chi connectivity index (χ1v) is 10.5. The summed E-state index contributed by atoms with van der Waals surface area (Å²) < 4.78 is 43.6. The maximum absolute atomic E-state index is 12.7. The molecule has 6 nitrogen and oxygen atoms in total. The molecular formula is C23H27F3N4O2. The Morgan fingerprint density at radius 1 is 1.09 bits per heavy atom. The van der Waals surface area contributed by atoms with Crippen LogP contribution in [0.5, 0.6) is 5.75 Å². The van der Waals surface area contributed by atoms with E-state index in [4.69, 9.17) is 4.74 Å². The molecule has 0 bridgehead atoms. The Hall–Kier alpha value is -3.23. The van der Waals surface area contributed by atoms with Gasteiger partial charge in [0, 0.05) is 19.1 Å². The Balaban J connectivity index is 1.53. The predicted molar refractivity (Wildman–Crippen MR) is 116 cm³/mol. The SMILES string of the molecule is CCNC(=NCc1cccc(OCC(=O)NC2CC2)c1)NCc1ccc(C(F)(F)F)cc1. The van der Waals surface area contributed by atoms with E-state index < -0.39 is 11.7 Å². The van der Waals surface area contributed by atoms with Crippen molar-refractivity contribution in [2.24, 2.45) is 4.99 Å². The van der Waals surface area contributed by atoms with E-state index in [1.807, 2.05) is 25.1 Å². The average molecular weight is 448 g/mol. The third-order valence-electron chi connectivity index (χ3n) is 4.72. The summed E-state index contributed by atoms with van der Waals surface area (Å²) in [5, 5.41) is 9.10. The summed E-state index contributed by atoms with van der Waals surface area (Å²) in [5.41, 5.74) is 0.939. The van der Waals surface area contributed by atoms with Crippen molar-refractivity contribution < 1.29 is 22.7 Å². The van der Waals surface area contributed by atoms with E-state index >= 15 is 0 Å². The fraction of sp³-hybridized carbons (Fsp3) is 0.391. The van der Waals surface area contributed by atoms with Gasteiger partial charge in [-0.2, -0.15) is 13.2 Å². The zero-order valence-corrected chi connectivity index (χ0v) is 17.8. The third-order valence-corrected chi connectivity index (χ3v) is 4.72.